The third-order valence-corrected chi connectivity index (χ3v) is 3.15. The quantitative estimate of drug-likeness (QED) is 0.566. The summed E-state index contributed by atoms with van der Waals surface area (Å²) < 4.78 is 5.75. The minimum atomic E-state index is 0.518. The molecule has 2 rings (SSSR count). The van der Waals surface area contributed by atoms with Gasteiger partial charge in [-0.15, -0.1) is 0 Å². The normalized spacial score (nSPS) is 10.1. The number of anilines is 2. The summed E-state index contributed by atoms with van der Waals surface area (Å²) in [5.41, 5.74) is 3.51. The number of aromatic nitrogens is 3. The van der Waals surface area contributed by atoms with Gasteiger partial charge in [0.25, 0.3) is 0 Å². The van der Waals surface area contributed by atoms with E-state index in [4.69, 9.17) is 10.6 Å². The van der Waals surface area contributed by atoms with Crippen LogP contribution in [0.1, 0.15) is 5.56 Å². The first-order chi connectivity index (χ1) is 9.24. The van der Waals surface area contributed by atoms with Gasteiger partial charge in [0.05, 0.1) is 7.11 Å². The highest BCUT2D eigenvalue weighted by Gasteiger charge is 2.07. The molecule has 19 heavy (non-hydrogen) atoms. The van der Waals surface area contributed by atoms with Gasteiger partial charge in [-0.1, -0.05) is 0 Å². The fourth-order valence-corrected chi connectivity index (χ4v) is 1.91. The Morgan fingerprint density at radius 1 is 1.32 bits per heavy atom. The van der Waals surface area contributed by atoms with Gasteiger partial charge in [-0.05, 0) is 27.6 Å². The van der Waals surface area contributed by atoms with Crippen LogP contribution in [0.5, 0.6) is 5.88 Å². The summed E-state index contributed by atoms with van der Waals surface area (Å²) in [7, 11) is 1.58. The SMILES string of the molecule is COc1cc(CNc2ncnc(NN)c2Br)ccn1. The minimum absolute atomic E-state index is 0.518. The summed E-state index contributed by atoms with van der Waals surface area (Å²) in [5.74, 6) is 7.09. The van der Waals surface area contributed by atoms with Crippen molar-refractivity contribution >= 4 is 27.6 Å². The molecule has 0 aliphatic rings. The maximum atomic E-state index is 5.34. The lowest BCUT2D eigenvalue weighted by atomic mass is 10.2. The molecule has 7 nitrogen and oxygen atoms in total. The lowest BCUT2D eigenvalue weighted by Crippen LogP contribution is -2.11. The maximum Gasteiger partial charge on any atom is 0.213 e. The molecule has 0 atom stereocenters. The summed E-state index contributed by atoms with van der Waals surface area (Å²) in [6, 6.07) is 3.75. The molecule has 0 aliphatic carbocycles. The number of hydrogen-bond acceptors (Lipinski definition) is 7. The van der Waals surface area contributed by atoms with Crippen LogP contribution in [0.3, 0.4) is 0 Å². The topological polar surface area (TPSA) is 98.0 Å². The van der Waals surface area contributed by atoms with Gasteiger partial charge in [-0.3, -0.25) is 0 Å². The van der Waals surface area contributed by atoms with E-state index >= 15 is 0 Å². The van der Waals surface area contributed by atoms with E-state index in [1.807, 2.05) is 12.1 Å². The van der Waals surface area contributed by atoms with Crippen LogP contribution >= 0.6 is 15.9 Å². The number of methoxy groups -OCH3 is 1. The standard InChI is InChI=1S/C11H13BrN6O/c1-19-8-4-7(2-3-14-8)5-15-10-9(12)11(18-13)17-6-16-10/h2-4,6H,5,13H2,1H3,(H2,15,16,17,18). The van der Waals surface area contributed by atoms with Crippen molar-refractivity contribution in [3.8, 4) is 5.88 Å². The molecule has 4 N–H and O–H groups in total. The molecule has 2 aromatic heterocycles. The van der Waals surface area contributed by atoms with Gasteiger partial charge in [0, 0.05) is 18.8 Å². The molecule has 2 aromatic rings. The second-order valence-corrected chi connectivity index (χ2v) is 4.38. The van der Waals surface area contributed by atoms with Gasteiger partial charge in [0.2, 0.25) is 5.88 Å². The molecule has 0 fully saturated rings. The fraction of sp³-hybridized carbons (Fsp3) is 0.182. The number of nitrogens with zero attached hydrogens (tertiary/aromatic N) is 3. The van der Waals surface area contributed by atoms with Crippen molar-refractivity contribution in [1.29, 1.82) is 0 Å². The number of nitrogens with one attached hydrogen (secondary N) is 2. The van der Waals surface area contributed by atoms with E-state index in [1.165, 1.54) is 6.33 Å². The van der Waals surface area contributed by atoms with Crippen molar-refractivity contribution in [2.45, 2.75) is 6.54 Å². The summed E-state index contributed by atoms with van der Waals surface area (Å²) in [6.45, 7) is 0.582. The number of pyridine rings is 1. The number of nitrogens with two attached hydrogens (primary N) is 1. The smallest absolute Gasteiger partial charge is 0.213 e. The van der Waals surface area contributed by atoms with Gasteiger partial charge in [0.1, 0.15) is 16.6 Å². The predicted molar refractivity (Wildman–Crippen MR) is 75.7 cm³/mol. The molecule has 0 saturated carbocycles. The molecule has 100 valence electrons. The van der Waals surface area contributed by atoms with Crippen molar-refractivity contribution in [1.82, 2.24) is 15.0 Å². The molecular formula is C11H13BrN6O. The third kappa shape index (κ3) is 3.30. The van der Waals surface area contributed by atoms with Crippen LogP contribution < -0.4 is 21.3 Å². The zero-order chi connectivity index (χ0) is 13.7. The molecule has 0 amide bonds. The van der Waals surface area contributed by atoms with Crippen LogP contribution in [0.2, 0.25) is 0 Å². The van der Waals surface area contributed by atoms with Crippen LogP contribution in [-0.4, -0.2) is 22.1 Å². The number of halogens is 1. The molecule has 0 spiro atoms. The molecule has 0 aliphatic heterocycles. The van der Waals surface area contributed by atoms with E-state index in [2.05, 4.69) is 41.6 Å². The van der Waals surface area contributed by atoms with Crippen molar-refractivity contribution < 1.29 is 4.74 Å². The molecule has 8 heteroatoms. The second-order valence-electron chi connectivity index (χ2n) is 3.59. The first-order valence-corrected chi connectivity index (χ1v) is 6.23. The largest absolute Gasteiger partial charge is 0.481 e. The molecular weight excluding hydrogens is 312 g/mol. The van der Waals surface area contributed by atoms with Gasteiger partial charge in [-0.25, -0.2) is 20.8 Å². The van der Waals surface area contributed by atoms with E-state index in [0.29, 0.717) is 28.5 Å². The number of rotatable bonds is 5. The van der Waals surface area contributed by atoms with Crippen molar-refractivity contribution in [2.24, 2.45) is 5.84 Å². The van der Waals surface area contributed by atoms with Crippen LogP contribution in [0.15, 0.2) is 29.1 Å². The van der Waals surface area contributed by atoms with E-state index in [9.17, 15) is 0 Å². The molecule has 0 unspecified atom stereocenters. The van der Waals surface area contributed by atoms with Gasteiger partial charge < -0.3 is 15.5 Å². The highest BCUT2D eigenvalue weighted by molar-refractivity contribution is 9.10. The maximum absolute atomic E-state index is 5.34. The van der Waals surface area contributed by atoms with Crippen LogP contribution in [0.25, 0.3) is 0 Å². The number of ether oxygens (including phenoxy) is 1. The highest BCUT2D eigenvalue weighted by atomic mass is 79.9. The van der Waals surface area contributed by atoms with E-state index in [0.717, 1.165) is 5.56 Å². The van der Waals surface area contributed by atoms with Gasteiger partial charge >= 0.3 is 0 Å². The second kappa shape index (κ2) is 6.30. The number of hydrogen-bond donors (Lipinski definition) is 3. The number of hydrazine groups is 1. The average Bonchev–Trinajstić information content (AvgIpc) is 2.46. The van der Waals surface area contributed by atoms with E-state index < -0.39 is 0 Å². The van der Waals surface area contributed by atoms with Gasteiger partial charge in [-0.2, -0.15) is 0 Å². The summed E-state index contributed by atoms with van der Waals surface area (Å²) in [4.78, 5) is 12.2. The summed E-state index contributed by atoms with van der Waals surface area (Å²) in [6.07, 6.45) is 3.12. The van der Waals surface area contributed by atoms with E-state index in [1.54, 1.807) is 13.3 Å². The molecule has 0 bridgehead atoms. The Balaban J connectivity index is 2.10. The molecule has 0 aromatic carbocycles. The Hall–Kier alpha value is -1.93. The van der Waals surface area contributed by atoms with Crippen LogP contribution in [0.4, 0.5) is 11.6 Å². The fourth-order valence-electron chi connectivity index (χ4n) is 1.45. The van der Waals surface area contributed by atoms with Crippen LogP contribution in [-0.2, 0) is 6.54 Å². The molecule has 2 heterocycles. The average molecular weight is 325 g/mol. The number of nitrogen functional groups attached to an aromatic ring is 1. The first-order valence-electron chi connectivity index (χ1n) is 5.44. The third-order valence-electron chi connectivity index (χ3n) is 2.39. The lowest BCUT2D eigenvalue weighted by molar-refractivity contribution is 0.397. The Morgan fingerprint density at radius 2 is 2.11 bits per heavy atom. The van der Waals surface area contributed by atoms with Crippen molar-refractivity contribution in [2.75, 3.05) is 17.9 Å². The van der Waals surface area contributed by atoms with Crippen molar-refractivity contribution in [3.63, 3.8) is 0 Å². The molecule has 0 saturated heterocycles. The minimum Gasteiger partial charge on any atom is -0.481 e. The Kier molecular flexibility index (Phi) is 4.48. The first kappa shape index (κ1) is 13.5. The Labute approximate surface area is 118 Å². The predicted octanol–water partition coefficient (Wildman–Crippen LogP) is 1.54. The Morgan fingerprint density at radius 3 is 2.84 bits per heavy atom. The zero-order valence-electron chi connectivity index (χ0n) is 10.2. The van der Waals surface area contributed by atoms with Crippen LogP contribution in [0, 0.1) is 0 Å². The van der Waals surface area contributed by atoms with Gasteiger partial charge in [0.15, 0.2) is 5.82 Å². The monoisotopic (exact) mass is 324 g/mol. The molecule has 0 radical (unpaired) electrons. The Bertz CT molecular complexity index is 565. The lowest BCUT2D eigenvalue weighted by Gasteiger charge is -2.10. The van der Waals surface area contributed by atoms with E-state index in [-0.39, 0.29) is 0 Å². The highest BCUT2D eigenvalue weighted by Crippen LogP contribution is 2.26. The summed E-state index contributed by atoms with van der Waals surface area (Å²) in [5, 5.41) is 3.18. The summed E-state index contributed by atoms with van der Waals surface area (Å²) >= 11 is 3.38. The zero-order valence-corrected chi connectivity index (χ0v) is 11.8. The van der Waals surface area contributed by atoms with Crippen molar-refractivity contribution in [3.05, 3.63) is 34.7 Å².